The van der Waals surface area contributed by atoms with Crippen molar-refractivity contribution in [2.45, 2.75) is 45.0 Å². The van der Waals surface area contributed by atoms with E-state index in [0.29, 0.717) is 5.04 Å². The summed E-state index contributed by atoms with van der Waals surface area (Å²) >= 11 is 1.15. The van der Waals surface area contributed by atoms with E-state index in [9.17, 15) is 14.4 Å². The number of thioether (sulfide) groups is 1. The van der Waals surface area contributed by atoms with Crippen LogP contribution in [0.4, 0.5) is 4.79 Å². The van der Waals surface area contributed by atoms with Crippen LogP contribution in [-0.4, -0.2) is 52.7 Å². The maximum atomic E-state index is 13.3. The Kier molecular flexibility index (Phi) is 7.45. The smallest absolute Gasteiger partial charge is 0.407 e. The van der Waals surface area contributed by atoms with E-state index in [4.69, 9.17) is 9.47 Å². The predicted octanol–water partition coefficient (Wildman–Crippen LogP) is 4.35. The fourth-order valence-corrected chi connectivity index (χ4v) is 5.26. The number of nitrogens with one attached hydrogen (secondary N) is 1. The van der Waals surface area contributed by atoms with Crippen LogP contribution in [0.25, 0.3) is 11.1 Å². The van der Waals surface area contributed by atoms with Crippen LogP contribution in [0.3, 0.4) is 0 Å². The summed E-state index contributed by atoms with van der Waals surface area (Å²) in [6.45, 7) is 7.38. The van der Waals surface area contributed by atoms with Crippen molar-refractivity contribution in [3.8, 4) is 11.1 Å². The number of rotatable bonds is 7. The van der Waals surface area contributed by atoms with Gasteiger partial charge in [-0.05, 0) is 42.0 Å². The lowest BCUT2D eigenvalue weighted by molar-refractivity contribution is -0.151. The van der Waals surface area contributed by atoms with Crippen molar-refractivity contribution in [1.29, 1.82) is 0 Å². The van der Waals surface area contributed by atoms with Gasteiger partial charge in [0, 0.05) is 5.92 Å². The summed E-state index contributed by atoms with van der Waals surface area (Å²) in [4.78, 5) is 38.5. The van der Waals surface area contributed by atoms with E-state index in [1.807, 2.05) is 50.2 Å². The van der Waals surface area contributed by atoms with Crippen LogP contribution in [0.5, 0.6) is 0 Å². The molecule has 0 aromatic heterocycles. The monoisotopic (exact) mass is 495 g/mol. The van der Waals surface area contributed by atoms with Gasteiger partial charge >= 0.3 is 12.1 Å². The fourth-order valence-electron chi connectivity index (χ4n) is 4.39. The molecule has 1 unspecified atom stereocenters. The number of fused-ring (bicyclic) bond motifs is 3. The van der Waals surface area contributed by atoms with Crippen molar-refractivity contribution < 1.29 is 23.9 Å². The van der Waals surface area contributed by atoms with Gasteiger partial charge in [0.05, 0.1) is 11.7 Å². The van der Waals surface area contributed by atoms with Crippen molar-refractivity contribution in [3.63, 3.8) is 0 Å². The molecular formula is C26H29N3O5S. The third-order valence-corrected chi connectivity index (χ3v) is 7.05. The molecule has 0 radical (unpaired) electrons. The first-order chi connectivity index (χ1) is 16.8. The van der Waals surface area contributed by atoms with E-state index < -0.39 is 29.4 Å². The Balaban J connectivity index is 1.45. The fraction of sp³-hybridized carbons (Fsp3) is 0.385. The number of hydrogen-bond donors (Lipinski definition) is 1. The number of carbonyl (C=O) groups is 3. The molecule has 35 heavy (non-hydrogen) atoms. The molecule has 0 bridgehead atoms. The SMILES string of the molecule is CCOC(=O)C1SC(C)=NN1C(=O)[C@@H](NC(=O)OCC1c2ccccc2-c2ccccc21)C(C)C. The lowest BCUT2D eigenvalue weighted by Gasteiger charge is -2.27. The number of hydrazone groups is 1. The highest BCUT2D eigenvalue weighted by molar-refractivity contribution is 8.15. The molecule has 1 aliphatic heterocycles. The van der Waals surface area contributed by atoms with E-state index in [1.165, 1.54) is 0 Å². The molecule has 2 amide bonds. The molecule has 2 aliphatic rings. The zero-order valence-corrected chi connectivity index (χ0v) is 21.0. The minimum Gasteiger partial charge on any atom is -0.464 e. The molecule has 2 atom stereocenters. The number of ether oxygens (including phenoxy) is 2. The number of benzene rings is 2. The van der Waals surface area contributed by atoms with Gasteiger partial charge in [-0.3, -0.25) is 4.79 Å². The lowest BCUT2D eigenvalue weighted by Crippen LogP contribution is -2.52. The van der Waals surface area contributed by atoms with Crippen LogP contribution >= 0.6 is 11.8 Å². The average molecular weight is 496 g/mol. The molecule has 9 heteroatoms. The number of carbonyl (C=O) groups excluding carboxylic acids is 3. The molecule has 0 saturated carbocycles. The maximum absolute atomic E-state index is 13.3. The summed E-state index contributed by atoms with van der Waals surface area (Å²) in [6, 6.07) is 15.2. The molecule has 0 fully saturated rings. The molecule has 2 aromatic carbocycles. The third kappa shape index (κ3) is 5.05. The second-order valence-electron chi connectivity index (χ2n) is 8.72. The van der Waals surface area contributed by atoms with Gasteiger partial charge in [0.25, 0.3) is 5.91 Å². The second kappa shape index (κ2) is 10.5. The summed E-state index contributed by atoms with van der Waals surface area (Å²) in [6.07, 6.45) is -0.695. The first-order valence-electron chi connectivity index (χ1n) is 11.6. The average Bonchev–Trinajstić information content (AvgIpc) is 3.39. The molecule has 1 aliphatic carbocycles. The Morgan fingerprint density at radius 3 is 2.20 bits per heavy atom. The van der Waals surface area contributed by atoms with Crippen molar-refractivity contribution in [2.24, 2.45) is 11.0 Å². The van der Waals surface area contributed by atoms with Crippen LogP contribution in [0, 0.1) is 5.92 Å². The highest BCUT2D eigenvalue weighted by Crippen LogP contribution is 2.44. The van der Waals surface area contributed by atoms with E-state index in [1.54, 1.807) is 13.8 Å². The Labute approximate surface area is 209 Å². The molecule has 1 heterocycles. The van der Waals surface area contributed by atoms with E-state index in [0.717, 1.165) is 39.0 Å². The van der Waals surface area contributed by atoms with Gasteiger partial charge in [0.2, 0.25) is 5.37 Å². The minimum absolute atomic E-state index is 0.0863. The zero-order chi connectivity index (χ0) is 25.1. The zero-order valence-electron chi connectivity index (χ0n) is 20.2. The van der Waals surface area contributed by atoms with Crippen molar-refractivity contribution in [1.82, 2.24) is 10.3 Å². The summed E-state index contributed by atoms with van der Waals surface area (Å²) in [5.74, 6) is -1.38. The van der Waals surface area contributed by atoms with Crippen LogP contribution in [-0.2, 0) is 19.1 Å². The standard InChI is InChI=1S/C26H29N3O5S/c1-5-33-25(31)24-29(28-16(4)35-24)23(30)22(15(2)3)27-26(32)34-14-21-19-12-8-6-10-17(19)18-11-7-9-13-20(18)21/h6-13,15,21-22,24H,5,14H2,1-4H3,(H,27,32)/t22-,24?/m0/s1. The van der Waals surface area contributed by atoms with Crippen molar-refractivity contribution >= 4 is 34.8 Å². The third-order valence-electron chi connectivity index (χ3n) is 6.02. The summed E-state index contributed by atoms with van der Waals surface area (Å²) in [7, 11) is 0. The highest BCUT2D eigenvalue weighted by atomic mass is 32.2. The van der Waals surface area contributed by atoms with Gasteiger partial charge in [-0.25, -0.2) is 14.6 Å². The largest absolute Gasteiger partial charge is 0.464 e. The first kappa shape index (κ1) is 24.8. The molecule has 0 spiro atoms. The van der Waals surface area contributed by atoms with Gasteiger partial charge in [0.1, 0.15) is 12.6 Å². The van der Waals surface area contributed by atoms with Crippen LogP contribution in [0.15, 0.2) is 53.6 Å². The van der Waals surface area contributed by atoms with Gasteiger partial charge in [-0.15, -0.1) is 0 Å². The van der Waals surface area contributed by atoms with Crippen LogP contribution in [0.2, 0.25) is 0 Å². The molecule has 4 rings (SSSR count). The first-order valence-corrected chi connectivity index (χ1v) is 12.5. The van der Waals surface area contributed by atoms with Crippen LogP contribution in [0.1, 0.15) is 44.7 Å². The minimum atomic E-state index is -0.919. The Morgan fingerprint density at radius 1 is 1.03 bits per heavy atom. The Bertz CT molecular complexity index is 1120. The van der Waals surface area contributed by atoms with Gasteiger partial charge in [0.15, 0.2) is 0 Å². The van der Waals surface area contributed by atoms with Crippen molar-refractivity contribution in [2.75, 3.05) is 13.2 Å². The van der Waals surface area contributed by atoms with E-state index in [-0.39, 0.29) is 25.0 Å². The van der Waals surface area contributed by atoms with E-state index >= 15 is 0 Å². The molecule has 184 valence electrons. The normalized spacial score (nSPS) is 17.5. The molecule has 0 saturated heterocycles. The Hall–Kier alpha value is -3.33. The molecule has 8 nitrogen and oxygen atoms in total. The summed E-state index contributed by atoms with van der Waals surface area (Å²) in [5.41, 5.74) is 4.48. The number of amides is 2. The van der Waals surface area contributed by atoms with Crippen molar-refractivity contribution in [3.05, 3.63) is 59.7 Å². The van der Waals surface area contributed by atoms with Gasteiger partial charge < -0.3 is 14.8 Å². The van der Waals surface area contributed by atoms with Gasteiger partial charge in [-0.2, -0.15) is 5.10 Å². The van der Waals surface area contributed by atoms with E-state index in [2.05, 4.69) is 22.6 Å². The number of esters is 1. The number of hydrogen-bond acceptors (Lipinski definition) is 7. The quantitative estimate of drug-likeness (QED) is 0.574. The van der Waals surface area contributed by atoms with Gasteiger partial charge in [-0.1, -0.05) is 74.1 Å². The molecule has 1 N–H and O–H groups in total. The van der Waals surface area contributed by atoms with Crippen LogP contribution < -0.4 is 5.32 Å². The topological polar surface area (TPSA) is 97.3 Å². The number of alkyl carbamates (subject to hydrolysis) is 1. The maximum Gasteiger partial charge on any atom is 0.407 e. The summed E-state index contributed by atoms with van der Waals surface area (Å²) < 4.78 is 10.7. The number of nitrogens with zero attached hydrogens (tertiary/aromatic N) is 2. The Morgan fingerprint density at radius 2 is 1.63 bits per heavy atom. The lowest BCUT2D eigenvalue weighted by atomic mass is 9.98. The highest BCUT2D eigenvalue weighted by Gasteiger charge is 2.41. The molecule has 2 aromatic rings. The summed E-state index contributed by atoms with van der Waals surface area (Å²) in [5, 5.41) is 7.67. The molecular weight excluding hydrogens is 466 g/mol. The second-order valence-corrected chi connectivity index (χ2v) is 9.99. The predicted molar refractivity (Wildman–Crippen MR) is 135 cm³/mol.